The summed E-state index contributed by atoms with van der Waals surface area (Å²) in [6, 6.07) is 9.11. The smallest absolute Gasteiger partial charge is 0.338 e. The monoisotopic (exact) mass is 454 g/mol. The molecule has 0 saturated carbocycles. The van der Waals surface area contributed by atoms with Gasteiger partial charge in [0.1, 0.15) is 12.3 Å². The molecular weight excluding hydrogens is 432 g/mol. The third kappa shape index (κ3) is 5.87. The highest BCUT2D eigenvalue weighted by Crippen LogP contribution is 2.30. The molecule has 2 aromatic carbocycles. The molecular formula is C20H23ClN2O6S. The summed E-state index contributed by atoms with van der Waals surface area (Å²) in [6.07, 6.45) is 0.998. The van der Waals surface area contributed by atoms with Crippen LogP contribution in [0, 0.1) is 6.92 Å². The third-order valence-electron chi connectivity index (χ3n) is 4.12. The zero-order valence-corrected chi connectivity index (χ0v) is 18.6. The number of amides is 1. The van der Waals surface area contributed by atoms with E-state index in [9.17, 15) is 18.0 Å². The number of nitrogens with zero attached hydrogens (tertiary/aromatic N) is 1. The maximum absolute atomic E-state index is 12.6. The lowest BCUT2D eigenvalue weighted by Crippen LogP contribution is -2.37. The van der Waals surface area contributed by atoms with Crippen LogP contribution in [0.1, 0.15) is 22.8 Å². The highest BCUT2D eigenvalue weighted by molar-refractivity contribution is 7.92. The number of benzene rings is 2. The van der Waals surface area contributed by atoms with Crippen molar-refractivity contribution in [2.75, 3.05) is 36.1 Å². The van der Waals surface area contributed by atoms with Crippen molar-refractivity contribution in [2.45, 2.75) is 13.8 Å². The number of methoxy groups -OCH3 is 1. The van der Waals surface area contributed by atoms with Crippen LogP contribution in [0.2, 0.25) is 5.02 Å². The van der Waals surface area contributed by atoms with E-state index in [0.29, 0.717) is 22.6 Å². The fourth-order valence-corrected chi connectivity index (χ4v) is 3.78. The summed E-state index contributed by atoms with van der Waals surface area (Å²) in [5.41, 5.74) is 1.67. The summed E-state index contributed by atoms with van der Waals surface area (Å²) in [6.45, 7) is 3.23. The number of aryl methyl sites for hydroxylation is 1. The van der Waals surface area contributed by atoms with Crippen LogP contribution in [-0.4, -0.2) is 46.8 Å². The number of nitrogens with one attached hydrogen (secondary N) is 1. The second-order valence-electron chi connectivity index (χ2n) is 6.39. The number of anilines is 2. The van der Waals surface area contributed by atoms with Gasteiger partial charge in [-0.2, -0.15) is 0 Å². The predicted molar refractivity (Wildman–Crippen MR) is 116 cm³/mol. The number of hydrogen-bond acceptors (Lipinski definition) is 6. The standard InChI is InChI=1S/C20H23ClN2O6S/c1-5-29-20(25)14-6-8-17(13(2)10-14)22-19(24)12-23(30(4,26)27)15-7-9-18(28-3)16(21)11-15/h6-11H,5,12H2,1-4H3,(H,22,24). The molecule has 30 heavy (non-hydrogen) atoms. The van der Waals surface area contributed by atoms with Crippen molar-refractivity contribution in [2.24, 2.45) is 0 Å². The van der Waals surface area contributed by atoms with Crippen molar-refractivity contribution in [1.82, 2.24) is 0 Å². The Morgan fingerprint density at radius 2 is 1.87 bits per heavy atom. The molecule has 0 atom stereocenters. The van der Waals surface area contributed by atoms with Gasteiger partial charge in [0.15, 0.2) is 0 Å². The molecule has 0 fully saturated rings. The molecule has 0 radical (unpaired) electrons. The Balaban J connectivity index is 2.21. The van der Waals surface area contributed by atoms with Crippen LogP contribution in [0.5, 0.6) is 5.75 Å². The first kappa shape index (κ1) is 23.5. The molecule has 1 N–H and O–H groups in total. The van der Waals surface area contributed by atoms with E-state index < -0.39 is 28.4 Å². The first-order valence-corrected chi connectivity index (χ1v) is 11.2. The van der Waals surface area contributed by atoms with E-state index in [-0.39, 0.29) is 17.3 Å². The Morgan fingerprint density at radius 1 is 1.17 bits per heavy atom. The SMILES string of the molecule is CCOC(=O)c1ccc(NC(=O)CN(c2ccc(OC)c(Cl)c2)S(C)(=O)=O)c(C)c1. The summed E-state index contributed by atoms with van der Waals surface area (Å²) in [5.74, 6) is -0.631. The van der Waals surface area contributed by atoms with Crippen molar-refractivity contribution in [3.05, 3.63) is 52.5 Å². The second kappa shape index (κ2) is 9.82. The highest BCUT2D eigenvalue weighted by Gasteiger charge is 2.22. The van der Waals surface area contributed by atoms with E-state index >= 15 is 0 Å². The van der Waals surface area contributed by atoms with Crippen molar-refractivity contribution in [1.29, 1.82) is 0 Å². The molecule has 162 valence electrons. The molecule has 1 amide bonds. The van der Waals surface area contributed by atoms with Crippen LogP contribution >= 0.6 is 11.6 Å². The van der Waals surface area contributed by atoms with E-state index in [2.05, 4.69) is 5.32 Å². The zero-order valence-electron chi connectivity index (χ0n) is 17.1. The minimum absolute atomic E-state index is 0.217. The maximum Gasteiger partial charge on any atom is 0.338 e. The average molecular weight is 455 g/mol. The fraction of sp³-hybridized carbons (Fsp3) is 0.300. The van der Waals surface area contributed by atoms with Crippen molar-refractivity contribution < 1.29 is 27.5 Å². The number of carbonyl (C=O) groups excluding carboxylic acids is 2. The number of rotatable bonds is 8. The van der Waals surface area contributed by atoms with Crippen LogP contribution < -0.4 is 14.4 Å². The largest absolute Gasteiger partial charge is 0.495 e. The van der Waals surface area contributed by atoms with E-state index in [0.717, 1.165) is 10.6 Å². The zero-order chi connectivity index (χ0) is 22.5. The van der Waals surface area contributed by atoms with Crippen molar-refractivity contribution >= 4 is 44.9 Å². The normalized spacial score (nSPS) is 11.0. The number of carbonyl (C=O) groups is 2. The maximum atomic E-state index is 12.6. The van der Waals surface area contributed by atoms with Gasteiger partial charge in [-0.3, -0.25) is 9.10 Å². The molecule has 0 saturated heterocycles. The first-order valence-electron chi connectivity index (χ1n) is 8.95. The van der Waals surface area contributed by atoms with E-state index in [1.54, 1.807) is 26.0 Å². The minimum atomic E-state index is -3.76. The Morgan fingerprint density at radius 3 is 2.40 bits per heavy atom. The fourth-order valence-electron chi connectivity index (χ4n) is 2.68. The van der Waals surface area contributed by atoms with Gasteiger partial charge in [0, 0.05) is 5.69 Å². The molecule has 0 aromatic heterocycles. The number of hydrogen-bond donors (Lipinski definition) is 1. The van der Waals surface area contributed by atoms with Crippen LogP contribution in [0.4, 0.5) is 11.4 Å². The molecule has 2 aromatic rings. The quantitative estimate of drug-likeness (QED) is 0.614. The van der Waals surface area contributed by atoms with Gasteiger partial charge in [-0.1, -0.05) is 11.6 Å². The minimum Gasteiger partial charge on any atom is -0.495 e. The Kier molecular flexibility index (Phi) is 7.69. The molecule has 8 nitrogen and oxygen atoms in total. The van der Waals surface area contributed by atoms with Gasteiger partial charge >= 0.3 is 5.97 Å². The lowest BCUT2D eigenvalue weighted by molar-refractivity contribution is -0.114. The third-order valence-corrected chi connectivity index (χ3v) is 5.56. The predicted octanol–water partition coefficient (Wildman–Crippen LogP) is 3.24. The summed E-state index contributed by atoms with van der Waals surface area (Å²) in [7, 11) is -2.32. The van der Waals surface area contributed by atoms with E-state index in [4.69, 9.17) is 21.1 Å². The van der Waals surface area contributed by atoms with Crippen LogP contribution in [-0.2, 0) is 19.6 Å². The highest BCUT2D eigenvalue weighted by atomic mass is 35.5. The molecule has 0 aliphatic carbocycles. The van der Waals surface area contributed by atoms with Gasteiger partial charge in [-0.05, 0) is 55.8 Å². The van der Waals surface area contributed by atoms with Gasteiger partial charge in [-0.15, -0.1) is 0 Å². The number of esters is 1. The number of ether oxygens (including phenoxy) is 2. The summed E-state index contributed by atoms with van der Waals surface area (Å²) < 4.78 is 35.5. The Bertz CT molecular complexity index is 1060. The van der Waals surface area contributed by atoms with Crippen LogP contribution in [0.3, 0.4) is 0 Å². The molecule has 0 aliphatic heterocycles. The topological polar surface area (TPSA) is 102 Å². The van der Waals surface area contributed by atoms with Crippen molar-refractivity contribution in [3.63, 3.8) is 0 Å². The number of sulfonamides is 1. The molecule has 0 unspecified atom stereocenters. The lowest BCUT2D eigenvalue weighted by atomic mass is 10.1. The molecule has 2 rings (SSSR count). The lowest BCUT2D eigenvalue weighted by Gasteiger charge is -2.22. The first-order chi connectivity index (χ1) is 14.1. The molecule has 0 aliphatic rings. The van der Waals surface area contributed by atoms with Gasteiger partial charge in [-0.25, -0.2) is 13.2 Å². The number of halogens is 1. The van der Waals surface area contributed by atoms with Crippen LogP contribution in [0.25, 0.3) is 0 Å². The summed E-state index contributed by atoms with van der Waals surface area (Å²) >= 11 is 6.09. The van der Waals surface area contributed by atoms with Crippen LogP contribution in [0.15, 0.2) is 36.4 Å². The molecule has 0 bridgehead atoms. The Labute approximate surface area is 180 Å². The van der Waals surface area contributed by atoms with Gasteiger partial charge < -0.3 is 14.8 Å². The molecule has 10 heteroatoms. The Hall–Kier alpha value is -2.78. The van der Waals surface area contributed by atoms with Crippen molar-refractivity contribution in [3.8, 4) is 5.75 Å². The summed E-state index contributed by atoms with van der Waals surface area (Å²) in [4.78, 5) is 24.4. The van der Waals surface area contributed by atoms with Gasteiger partial charge in [0.05, 0.1) is 36.2 Å². The van der Waals surface area contributed by atoms with Gasteiger partial charge in [0.2, 0.25) is 15.9 Å². The average Bonchev–Trinajstić information content (AvgIpc) is 2.67. The van der Waals surface area contributed by atoms with E-state index in [1.807, 2.05) is 0 Å². The second-order valence-corrected chi connectivity index (χ2v) is 8.70. The summed E-state index contributed by atoms with van der Waals surface area (Å²) in [5, 5.41) is 2.88. The molecule has 0 heterocycles. The van der Waals surface area contributed by atoms with Gasteiger partial charge in [0.25, 0.3) is 0 Å². The molecule has 0 spiro atoms. The van der Waals surface area contributed by atoms with E-state index in [1.165, 1.54) is 31.4 Å².